The molecule has 0 spiro atoms. The number of nitrogens with zero attached hydrogens (tertiary/aromatic N) is 1. The Kier molecular flexibility index (Phi) is 3.80. The second-order valence-electron chi connectivity index (χ2n) is 4.78. The SMILES string of the molecule is Brc1ccccc1-c1nc2c(s1)CCCCCC2. The Morgan fingerprint density at radius 2 is 1.78 bits per heavy atom. The number of hydrogen-bond donors (Lipinski definition) is 0. The van der Waals surface area contributed by atoms with Gasteiger partial charge in [-0.3, -0.25) is 0 Å². The van der Waals surface area contributed by atoms with Gasteiger partial charge in [0.25, 0.3) is 0 Å². The van der Waals surface area contributed by atoms with Gasteiger partial charge in [-0.25, -0.2) is 4.98 Å². The summed E-state index contributed by atoms with van der Waals surface area (Å²) in [5.41, 5.74) is 2.58. The predicted molar refractivity (Wildman–Crippen MR) is 81.1 cm³/mol. The summed E-state index contributed by atoms with van der Waals surface area (Å²) < 4.78 is 1.15. The van der Waals surface area contributed by atoms with E-state index in [0.717, 1.165) is 10.9 Å². The molecule has 0 atom stereocenters. The van der Waals surface area contributed by atoms with Crippen molar-refractivity contribution in [1.29, 1.82) is 0 Å². The number of aromatic nitrogens is 1. The highest BCUT2D eigenvalue weighted by molar-refractivity contribution is 9.10. The fourth-order valence-corrected chi connectivity index (χ4v) is 4.25. The van der Waals surface area contributed by atoms with Gasteiger partial charge in [-0.05, 0) is 31.7 Å². The fraction of sp³-hybridized carbons (Fsp3) is 0.400. The zero-order chi connectivity index (χ0) is 12.4. The van der Waals surface area contributed by atoms with Crippen LogP contribution in [-0.4, -0.2) is 4.98 Å². The summed E-state index contributed by atoms with van der Waals surface area (Å²) in [4.78, 5) is 6.39. The Morgan fingerprint density at radius 3 is 2.61 bits per heavy atom. The lowest BCUT2D eigenvalue weighted by Gasteiger charge is -2.06. The van der Waals surface area contributed by atoms with Gasteiger partial charge in [0, 0.05) is 14.9 Å². The highest BCUT2D eigenvalue weighted by atomic mass is 79.9. The van der Waals surface area contributed by atoms with Crippen LogP contribution in [0.2, 0.25) is 0 Å². The van der Waals surface area contributed by atoms with E-state index in [1.54, 1.807) is 0 Å². The lowest BCUT2D eigenvalue weighted by Crippen LogP contribution is -1.96. The zero-order valence-corrected chi connectivity index (χ0v) is 12.7. The van der Waals surface area contributed by atoms with Crippen LogP contribution in [0.15, 0.2) is 28.7 Å². The van der Waals surface area contributed by atoms with Gasteiger partial charge in [0.2, 0.25) is 0 Å². The number of fused-ring (bicyclic) bond motifs is 1. The third-order valence-corrected chi connectivity index (χ3v) is 5.33. The molecule has 1 aromatic heterocycles. The van der Waals surface area contributed by atoms with Crippen LogP contribution in [0.5, 0.6) is 0 Å². The quantitative estimate of drug-likeness (QED) is 0.700. The molecule has 1 nitrogen and oxygen atoms in total. The molecule has 1 aliphatic rings. The van der Waals surface area contributed by atoms with E-state index in [2.05, 4.69) is 40.2 Å². The molecule has 94 valence electrons. The van der Waals surface area contributed by atoms with Crippen molar-refractivity contribution in [3.8, 4) is 10.6 Å². The van der Waals surface area contributed by atoms with Gasteiger partial charge >= 0.3 is 0 Å². The maximum atomic E-state index is 4.87. The van der Waals surface area contributed by atoms with Gasteiger partial charge in [-0.15, -0.1) is 11.3 Å². The minimum absolute atomic E-state index is 1.15. The van der Waals surface area contributed by atoms with E-state index in [-0.39, 0.29) is 0 Å². The number of aryl methyl sites for hydroxylation is 2. The van der Waals surface area contributed by atoms with Crippen LogP contribution in [0.25, 0.3) is 10.6 Å². The topological polar surface area (TPSA) is 12.9 Å². The summed E-state index contributed by atoms with van der Waals surface area (Å²) in [6.07, 6.45) is 7.74. The van der Waals surface area contributed by atoms with E-state index in [9.17, 15) is 0 Å². The highest BCUT2D eigenvalue weighted by Crippen LogP contribution is 2.35. The smallest absolute Gasteiger partial charge is 0.125 e. The van der Waals surface area contributed by atoms with Crippen molar-refractivity contribution in [3.63, 3.8) is 0 Å². The predicted octanol–water partition coefficient (Wildman–Crippen LogP) is 5.23. The first kappa shape index (κ1) is 12.4. The summed E-state index contributed by atoms with van der Waals surface area (Å²) in [6, 6.07) is 8.38. The normalized spacial score (nSPS) is 15.8. The molecule has 0 unspecified atom stereocenters. The molecule has 0 radical (unpaired) electrons. The number of hydrogen-bond acceptors (Lipinski definition) is 2. The number of rotatable bonds is 1. The van der Waals surface area contributed by atoms with E-state index < -0.39 is 0 Å². The summed E-state index contributed by atoms with van der Waals surface area (Å²) in [7, 11) is 0. The fourth-order valence-electron chi connectivity index (χ4n) is 2.46. The Bertz CT molecular complexity index is 522. The summed E-state index contributed by atoms with van der Waals surface area (Å²) >= 11 is 5.51. The van der Waals surface area contributed by atoms with E-state index in [1.807, 2.05) is 11.3 Å². The van der Waals surface area contributed by atoms with Gasteiger partial charge < -0.3 is 0 Å². The van der Waals surface area contributed by atoms with Gasteiger partial charge in [0.1, 0.15) is 5.01 Å². The maximum absolute atomic E-state index is 4.87. The summed E-state index contributed by atoms with van der Waals surface area (Å²) in [5, 5.41) is 1.18. The lowest BCUT2D eigenvalue weighted by atomic mass is 10.0. The van der Waals surface area contributed by atoms with Crippen LogP contribution < -0.4 is 0 Å². The second-order valence-corrected chi connectivity index (χ2v) is 6.72. The Labute approximate surface area is 120 Å². The second kappa shape index (κ2) is 5.54. The van der Waals surface area contributed by atoms with Crippen molar-refractivity contribution < 1.29 is 0 Å². The molecule has 3 rings (SSSR count). The molecule has 3 heteroatoms. The molecule has 0 amide bonds. The van der Waals surface area contributed by atoms with Crippen molar-refractivity contribution in [3.05, 3.63) is 39.3 Å². The largest absolute Gasteiger partial charge is 0.241 e. The molecule has 18 heavy (non-hydrogen) atoms. The first-order chi connectivity index (χ1) is 8.84. The summed E-state index contributed by atoms with van der Waals surface area (Å²) in [6.45, 7) is 0. The van der Waals surface area contributed by atoms with Crippen LogP contribution in [0.1, 0.15) is 36.3 Å². The molecule has 1 aliphatic carbocycles. The van der Waals surface area contributed by atoms with Crippen LogP contribution in [0.3, 0.4) is 0 Å². The van der Waals surface area contributed by atoms with Gasteiger partial charge in [0.15, 0.2) is 0 Å². The van der Waals surface area contributed by atoms with Crippen LogP contribution in [-0.2, 0) is 12.8 Å². The standard InChI is InChI=1S/C15H16BrNS/c16-12-8-6-5-7-11(12)15-17-13-9-3-1-2-4-10-14(13)18-15/h5-8H,1-4,9-10H2. The van der Waals surface area contributed by atoms with Crippen molar-refractivity contribution in [2.75, 3.05) is 0 Å². The molecule has 2 aromatic rings. The maximum Gasteiger partial charge on any atom is 0.125 e. The molecule has 0 saturated heterocycles. The zero-order valence-electron chi connectivity index (χ0n) is 10.3. The number of halogens is 1. The molecular formula is C15H16BrNS. The minimum Gasteiger partial charge on any atom is -0.241 e. The molecular weight excluding hydrogens is 306 g/mol. The van der Waals surface area contributed by atoms with Gasteiger partial charge in [0.05, 0.1) is 5.69 Å². The first-order valence-electron chi connectivity index (χ1n) is 6.58. The third kappa shape index (κ3) is 2.52. The van der Waals surface area contributed by atoms with E-state index in [1.165, 1.54) is 53.2 Å². The average molecular weight is 322 g/mol. The monoisotopic (exact) mass is 321 g/mol. The molecule has 0 N–H and O–H groups in total. The van der Waals surface area contributed by atoms with Gasteiger partial charge in [-0.2, -0.15) is 0 Å². The van der Waals surface area contributed by atoms with Crippen molar-refractivity contribution in [2.45, 2.75) is 38.5 Å². The molecule has 1 aromatic carbocycles. The van der Waals surface area contributed by atoms with Crippen LogP contribution >= 0.6 is 27.3 Å². The van der Waals surface area contributed by atoms with E-state index >= 15 is 0 Å². The number of thiazole rings is 1. The number of benzene rings is 1. The Balaban J connectivity index is 1.99. The Morgan fingerprint density at radius 1 is 1.00 bits per heavy atom. The molecule has 0 fully saturated rings. The lowest BCUT2D eigenvalue weighted by molar-refractivity contribution is 0.616. The van der Waals surface area contributed by atoms with Crippen LogP contribution in [0.4, 0.5) is 0 Å². The molecule has 0 aliphatic heterocycles. The van der Waals surface area contributed by atoms with E-state index in [4.69, 9.17) is 4.98 Å². The van der Waals surface area contributed by atoms with Crippen LogP contribution in [0, 0.1) is 0 Å². The summed E-state index contributed by atoms with van der Waals surface area (Å²) in [5.74, 6) is 0. The minimum atomic E-state index is 1.15. The van der Waals surface area contributed by atoms with E-state index in [0.29, 0.717) is 0 Å². The average Bonchev–Trinajstić information content (AvgIpc) is 2.72. The first-order valence-corrected chi connectivity index (χ1v) is 8.19. The molecule has 1 heterocycles. The van der Waals surface area contributed by atoms with Crippen molar-refractivity contribution >= 4 is 27.3 Å². The van der Waals surface area contributed by atoms with Crippen molar-refractivity contribution in [2.24, 2.45) is 0 Å². The third-order valence-electron chi connectivity index (χ3n) is 3.45. The Hall–Kier alpha value is -0.670. The highest BCUT2D eigenvalue weighted by Gasteiger charge is 2.15. The van der Waals surface area contributed by atoms with Gasteiger partial charge in [-0.1, -0.05) is 47.0 Å². The molecule has 0 saturated carbocycles. The molecule has 0 bridgehead atoms. The van der Waals surface area contributed by atoms with Crippen molar-refractivity contribution in [1.82, 2.24) is 4.98 Å².